The molecule has 8 heteroatoms. The fourth-order valence-electron chi connectivity index (χ4n) is 0. The van der Waals surface area contributed by atoms with Gasteiger partial charge in [0, 0.05) is 0 Å². The van der Waals surface area contributed by atoms with E-state index in [-0.39, 0.29) is 115 Å². The van der Waals surface area contributed by atoms with Crippen molar-refractivity contribution in [3.63, 3.8) is 0 Å². The minimum Gasteiger partial charge on any atom is -1.00 e. The zero-order valence-electron chi connectivity index (χ0n) is 5.67. The summed E-state index contributed by atoms with van der Waals surface area (Å²) in [5, 5.41) is 6.25. The first-order valence-electron chi connectivity index (χ1n) is 0.624. The van der Waals surface area contributed by atoms with Gasteiger partial charge in [-0.3, -0.25) is 4.91 Å². The summed E-state index contributed by atoms with van der Waals surface area (Å²) in [5.41, 5.74) is 13.5. The van der Waals surface area contributed by atoms with Crippen LogP contribution in [0.1, 0.15) is 0 Å². The van der Waals surface area contributed by atoms with E-state index in [4.69, 9.17) is 22.9 Å². The fraction of sp³-hybridized carbons (Fsp3) is 0. The molecule has 0 aliphatic heterocycles. The summed E-state index contributed by atoms with van der Waals surface area (Å²) in [7, 11) is 0. The van der Waals surface area contributed by atoms with Crippen LogP contribution in [-0.2, 0) is 0 Å². The Morgan fingerprint density at radius 3 is 1.11 bits per heavy atom. The molecule has 0 fully saturated rings. The predicted molar refractivity (Wildman–Crippen MR) is 15.0 cm³/mol. The number of rotatable bonds is 0. The quantitative estimate of drug-likeness (QED) is 0.117. The summed E-state index contributed by atoms with van der Waals surface area (Å²) in [6.07, 6.45) is 0. The maximum atomic E-state index is 6.75. The maximum absolute atomic E-state index is 6.75. The molecular formula is CFKN4Na2. The van der Waals surface area contributed by atoms with Crippen molar-refractivity contribution in [1.82, 2.24) is 0 Å². The van der Waals surface area contributed by atoms with Gasteiger partial charge >= 0.3 is 110 Å². The average Bonchev–Trinajstić information content (AvgIpc) is 1.46. The minimum absolute atomic E-state index is 0. The van der Waals surface area contributed by atoms with E-state index in [9.17, 15) is 0 Å². The molecule has 0 heterocycles. The maximum Gasteiger partial charge on any atom is 1.00 e. The molecule has 0 amide bonds. The first-order valence-corrected chi connectivity index (χ1v) is 0.624. The molecule has 0 saturated heterocycles. The van der Waals surface area contributed by atoms with E-state index in [1.54, 1.807) is 0 Å². The van der Waals surface area contributed by atoms with E-state index in [2.05, 4.69) is 0 Å². The smallest absolute Gasteiger partial charge is 1.00 e. The number of halogens is 1. The van der Waals surface area contributed by atoms with Gasteiger partial charge in [0.2, 0.25) is 0 Å². The van der Waals surface area contributed by atoms with Gasteiger partial charge in [-0.05, 0) is 0 Å². The molecule has 0 atom stereocenters. The molecule has 0 aromatic heterocycles. The van der Waals surface area contributed by atoms with Crippen molar-refractivity contribution in [3.05, 3.63) is 22.5 Å². The molecule has 0 aromatic carbocycles. The van der Waals surface area contributed by atoms with Gasteiger partial charge in [0.25, 0.3) is 0 Å². The van der Waals surface area contributed by atoms with Gasteiger partial charge in [-0.15, -0.1) is 0 Å². The van der Waals surface area contributed by atoms with E-state index in [1.165, 1.54) is 4.91 Å². The molecular weight excluding hydrogens is 172 g/mol. The van der Waals surface area contributed by atoms with Crippen LogP contribution in [0.3, 0.4) is 0 Å². The van der Waals surface area contributed by atoms with Crippen molar-refractivity contribution in [2.75, 3.05) is 0 Å². The van der Waals surface area contributed by atoms with Crippen LogP contribution in [-0.4, -0.2) is 0 Å². The standard InChI is InChI=1S/CN.FH.K.N3.2Na/c1-2;;;1-3-2;;/h;1H;;;;/q-1;;+1;-1;2*+1/p-1. The molecule has 0 unspecified atom stereocenters. The molecule has 0 N–H and O–H groups in total. The van der Waals surface area contributed by atoms with Gasteiger partial charge < -0.3 is 27.6 Å². The summed E-state index contributed by atoms with van der Waals surface area (Å²) < 4.78 is 0. The zero-order valence-corrected chi connectivity index (χ0v) is 12.8. The third-order valence-electron chi connectivity index (χ3n) is 0. The van der Waals surface area contributed by atoms with Crippen LogP contribution in [0.15, 0.2) is 0 Å². The van der Waals surface area contributed by atoms with Crippen molar-refractivity contribution in [2.45, 2.75) is 0 Å². The molecule has 0 rings (SSSR count). The number of hydrogen-bond donors (Lipinski definition) is 0. The predicted octanol–water partition coefficient (Wildman–Crippen LogP) is -11.0. The largest absolute Gasteiger partial charge is 1.00 e. The van der Waals surface area contributed by atoms with E-state index in [1.807, 2.05) is 0 Å². The van der Waals surface area contributed by atoms with Crippen LogP contribution >= 0.6 is 0 Å². The fourth-order valence-corrected chi connectivity index (χ4v) is 0. The molecule has 0 radical (unpaired) electrons. The molecule has 34 valence electrons. The molecule has 4 nitrogen and oxygen atoms in total. The topological polar surface area (TPSA) is 82.5 Å². The van der Waals surface area contributed by atoms with Crippen molar-refractivity contribution in [3.8, 4) is 0 Å². The second kappa shape index (κ2) is 80.3. The van der Waals surface area contributed by atoms with Gasteiger partial charge in [-0.25, -0.2) is 0 Å². The Labute approximate surface area is 140 Å². The Kier molecular flexibility index (Phi) is 378. The third kappa shape index (κ3) is 130. The van der Waals surface area contributed by atoms with Crippen LogP contribution in [0.4, 0.5) is 0 Å². The van der Waals surface area contributed by atoms with Gasteiger partial charge in [-0.2, -0.15) is 0 Å². The van der Waals surface area contributed by atoms with Crippen molar-refractivity contribution >= 4 is 0 Å². The summed E-state index contributed by atoms with van der Waals surface area (Å²) in [6, 6.07) is 0. The molecule has 0 spiro atoms. The van der Waals surface area contributed by atoms with Gasteiger partial charge in [0.15, 0.2) is 0 Å². The van der Waals surface area contributed by atoms with Gasteiger partial charge in [0.05, 0.1) is 0 Å². The first kappa shape index (κ1) is 42.4. The van der Waals surface area contributed by atoms with Crippen molar-refractivity contribution in [2.24, 2.45) is 0 Å². The van der Waals surface area contributed by atoms with Gasteiger partial charge in [-0.1, -0.05) is 0 Å². The molecule has 9 heavy (non-hydrogen) atoms. The van der Waals surface area contributed by atoms with E-state index >= 15 is 0 Å². The SMILES string of the molecule is [C-]#N.[F-].[K+].[N-]=[N+]=[N-].[Na+].[Na+]. The molecule has 0 aromatic rings. The van der Waals surface area contributed by atoms with Crippen LogP contribution in [0.25, 0.3) is 16.0 Å². The molecule has 0 saturated carbocycles. The minimum atomic E-state index is 0. The summed E-state index contributed by atoms with van der Waals surface area (Å²) in [6.45, 7) is 4.75. The van der Waals surface area contributed by atoms with Crippen molar-refractivity contribution in [1.29, 1.82) is 5.26 Å². The van der Waals surface area contributed by atoms with Crippen LogP contribution in [0, 0.1) is 11.8 Å². The van der Waals surface area contributed by atoms with E-state index in [0.29, 0.717) is 0 Å². The molecule has 0 bridgehead atoms. The normalized spacial score (nSPS) is 1.11. The molecule has 0 aliphatic carbocycles. The third-order valence-corrected chi connectivity index (χ3v) is 0. The van der Waals surface area contributed by atoms with Crippen LogP contribution in [0.5, 0.6) is 0 Å². The van der Waals surface area contributed by atoms with Crippen LogP contribution < -0.4 is 115 Å². The Morgan fingerprint density at radius 1 is 1.11 bits per heavy atom. The monoisotopic (exact) mass is 172 g/mol. The van der Waals surface area contributed by atoms with Crippen molar-refractivity contribution < 1.29 is 115 Å². The first-order chi connectivity index (χ1) is 2.41. The summed E-state index contributed by atoms with van der Waals surface area (Å²) in [5.74, 6) is 0. The average molecular weight is 172 g/mol. The second-order valence-electron chi connectivity index (χ2n) is 0.0894. The zero-order chi connectivity index (χ0) is 4.71. The summed E-state index contributed by atoms with van der Waals surface area (Å²) in [4.78, 5) is 1.50. The van der Waals surface area contributed by atoms with Crippen LogP contribution in [0.2, 0.25) is 0 Å². The number of nitrogens with zero attached hydrogens (tertiary/aromatic N) is 4. The van der Waals surface area contributed by atoms with Gasteiger partial charge in [0.1, 0.15) is 0 Å². The Morgan fingerprint density at radius 2 is 1.11 bits per heavy atom. The Hall–Kier alpha value is 2.37. The van der Waals surface area contributed by atoms with E-state index in [0.717, 1.165) is 0 Å². The Balaban J connectivity index is -0.00000000357. The second-order valence-corrected chi connectivity index (χ2v) is 0.0894. The van der Waals surface area contributed by atoms with E-state index < -0.39 is 0 Å². The summed E-state index contributed by atoms with van der Waals surface area (Å²) >= 11 is 0. The molecule has 0 aliphatic rings. The number of hydrogen-bond acceptors (Lipinski definition) is 1. The Bertz CT molecular complexity index is 60.8.